The van der Waals surface area contributed by atoms with E-state index in [-0.39, 0.29) is 12.1 Å². The highest BCUT2D eigenvalue weighted by Crippen LogP contribution is 2.36. The van der Waals surface area contributed by atoms with E-state index >= 15 is 0 Å². The Hall–Kier alpha value is -2.73. The number of benzene rings is 2. The minimum Gasteiger partial charge on any atom is -0.496 e. The van der Waals surface area contributed by atoms with Gasteiger partial charge in [-0.3, -0.25) is 0 Å². The standard InChI is InChI=1S/C20H23NO5/c1-23-16-12-18(25-3)17(24-2)11-15(16)19(22)26-13-20(9-10-21-20)14-7-5-4-6-8-14/h4-8,11-12,21H,9-10,13H2,1-3H3. The lowest BCUT2D eigenvalue weighted by molar-refractivity contribution is 0.0232. The van der Waals surface area contributed by atoms with Crippen molar-refractivity contribution < 1.29 is 23.7 Å². The van der Waals surface area contributed by atoms with Crippen molar-refractivity contribution in [1.29, 1.82) is 0 Å². The molecule has 0 aromatic heterocycles. The summed E-state index contributed by atoms with van der Waals surface area (Å²) < 4.78 is 21.5. The van der Waals surface area contributed by atoms with Gasteiger partial charge in [-0.25, -0.2) is 4.79 Å². The number of ether oxygens (including phenoxy) is 4. The van der Waals surface area contributed by atoms with E-state index in [0.29, 0.717) is 22.8 Å². The molecule has 1 saturated heterocycles. The SMILES string of the molecule is COc1cc(OC)c(C(=O)OCC2(c3ccccc3)CCN2)cc1OC. The molecule has 1 N–H and O–H groups in total. The number of nitrogens with one attached hydrogen (secondary N) is 1. The van der Waals surface area contributed by atoms with Crippen molar-refractivity contribution in [1.82, 2.24) is 5.32 Å². The van der Waals surface area contributed by atoms with E-state index in [1.54, 1.807) is 12.1 Å². The monoisotopic (exact) mass is 357 g/mol. The summed E-state index contributed by atoms with van der Waals surface area (Å²) >= 11 is 0. The molecule has 6 heteroatoms. The quantitative estimate of drug-likeness (QED) is 0.769. The molecular formula is C20H23NO5. The average Bonchev–Trinajstić information content (AvgIpc) is 2.66. The Morgan fingerprint density at radius 1 is 1.00 bits per heavy atom. The molecule has 26 heavy (non-hydrogen) atoms. The van der Waals surface area contributed by atoms with Gasteiger partial charge in [0.1, 0.15) is 17.9 Å². The maximum absolute atomic E-state index is 12.7. The fraction of sp³-hybridized carbons (Fsp3) is 0.350. The molecule has 3 rings (SSSR count). The number of rotatable bonds is 7. The molecule has 1 unspecified atom stereocenters. The summed E-state index contributed by atoms with van der Waals surface area (Å²) in [5, 5.41) is 3.40. The molecule has 0 bridgehead atoms. The van der Waals surface area contributed by atoms with Crippen molar-refractivity contribution in [2.45, 2.75) is 12.0 Å². The van der Waals surface area contributed by atoms with Crippen LogP contribution < -0.4 is 19.5 Å². The summed E-state index contributed by atoms with van der Waals surface area (Å²) in [4.78, 5) is 12.7. The average molecular weight is 357 g/mol. The predicted molar refractivity (Wildman–Crippen MR) is 97.1 cm³/mol. The summed E-state index contributed by atoms with van der Waals surface area (Å²) in [5.41, 5.74) is 1.08. The summed E-state index contributed by atoms with van der Waals surface area (Å²) in [6, 6.07) is 13.2. The van der Waals surface area contributed by atoms with Crippen LogP contribution in [0, 0.1) is 0 Å². The number of hydrogen-bond acceptors (Lipinski definition) is 6. The third kappa shape index (κ3) is 3.32. The Morgan fingerprint density at radius 2 is 1.62 bits per heavy atom. The molecule has 1 heterocycles. The normalized spacial score (nSPS) is 18.6. The number of carbonyl (C=O) groups excluding carboxylic acids is 1. The maximum Gasteiger partial charge on any atom is 0.342 e. The molecule has 0 spiro atoms. The number of carbonyl (C=O) groups is 1. The van der Waals surface area contributed by atoms with Gasteiger partial charge < -0.3 is 24.3 Å². The van der Waals surface area contributed by atoms with Crippen LogP contribution in [0.15, 0.2) is 42.5 Å². The van der Waals surface area contributed by atoms with E-state index < -0.39 is 5.97 Å². The van der Waals surface area contributed by atoms with Gasteiger partial charge in [-0.2, -0.15) is 0 Å². The lowest BCUT2D eigenvalue weighted by atomic mass is 9.81. The topological polar surface area (TPSA) is 66.0 Å². The molecular weight excluding hydrogens is 334 g/mol. The molecule has 138 valence electrons. The van der Waals surface area contributed by atoms with Crippen molar-refractivity contribution in [3.05, 3.63) is 53.6 Å². The van der Waals surface area contributed by atoms with Crippen molar-refractivity contribution in [2.75, 3.05) is 34.5 Å². The molecule has 1 aliphatic heterocycles. The Morgan fingerprint density at radius 3 is 2.15 bits per heavy atom. The summed E-state index contributed by atoms with van der Waals surface area (Å²) in [5.74, 6) is 0.844. The van der Waals surface area contributed by atoms with Crippen LogP contribution in [0.5, 0.6) is 17.2 Å². The highest BCUT2D eigenvalue weighted by Gasteiger charge is 2.39. The van der Waals surface area contributed by atoms with Gasteiger partial charge in [0.2, 0.25) is 0 Å². The second-order valence-electron chi connectivity index (χ2n) is 6.11. The van der Waals surface area contributed by atoms with E-state index in [2.05, 4.69) is 5.32 Å². The van der Waals surface area contributed by atoms with E-state index in [4.69, 9.17) is 18.9 Å². The maximum atomic E-state index is 12.7. The Bertz CT molecular complexity index is 771. The van der Waals surface area contributed by atoms with Crippen molar-refractivity contribution in [2.24, 2.45) is 0 Å². The second kappa shape index (κ2) is 7.66. The van der Waals surface area contributed by atoms with Gasteiger partial charge in [0.15, 0.2) is 11.5 Å². The van der Waals surface area contributed by atoms with Crippen LogP contribution in [0.1, 0.15) is 22.3 Å². The van der Waals surface area contributed by atoms with Gasteiger partial charge in [0.05, 0.1) is 26.9 Å². The molecule has 2 aromatic rings. The molecule has 0 saturated carbocycles. The third-order valence-corrected chi connectivity index (χ3v) is 4.72. The molecule has 0 aliphatic carbocycles. The zero-order chi connectivity index (χ0) is 18.6. The van der Waals surface area contributed by atoms with Crippen molar-refractivity contribution in [3.8, 4) is 17.2 Å². The summed E-state index contributed by atoms with van der Waals surface area (Å²) in [6.45, 7) is 1.14. The van der Waals surface area contributed by atoms with Crippen LogP contribution in [-0.4, -0.2) is 40.5 Å². The lowest BCUT2D eigenvalue weighted by Crippen LogP contribution is -2.57. The van der Waals surface area contributed by atoms with Gasteiger partial charge in [-0.1, -0.05) is 30.3 Å². The number of methoxy groups -OCH3 is 3. The molecule has 6 nitrogen and oxygen atoms in total. The third-order valence-electron chi connectivity index (χ3n) is 4.72. The van der Waals surface area contributed by atoms with Crippen LogP contribution >= 0.6 is 0 Å². The summed E-state index contributed by atoms with van der Waals surface area (Å²) in [6.07, 6.45) is 0.910. The zero-order valence-electron chi connectivity index (χ0n) is 15.2. The minimum absolute atomic E-state index is 0.243. The number of esters is 1. The van der Waals surface area contributed by atoms with Crippen LogP contribution in [0.3, 0.4) is 0 Å². The van der Waals surface area contributed by atoms with Gasteiger partial charge >= 0.3 is 5.97 Å². The van der Waals surface area contributed by atoms with E-state index in [9.17, 15) is 4.79 Å². The first kappa shape index (κ1) is 18.1. The molecule has 1 fully saturated rings. The van der Waals surface area contributed by atoms with Crippen molar-refractivity contribution in [3.63, 3.8) is 0 Å². The van der Waals surface area contributed by atoms with E-state index in [1.165, 1.54) is 21.3 Å². The second-order valence-corrected chi connectivity index (χ2v) is 6.11. The Balaban J connectivity index is 1.80. The highest BCUT2D eigenvalue weighted by molar-refractivity contribution is 5.93. The summed E-state index contributed by atoms with van der Waals surface area (Å²) in [7, 11) is 4.54. The van der Waals surface area contributed by atoms with Crippen LogP contribution in [-0.2, 0) is 10.3 Å². The molecule has 2 aromatic carbocycles. The number of hydrogen-bond donors (Lipinski definition) is 1. The van der Waals surface area contributed by atoms with Gasteiger partial charge in [-0.05, 0) is 18.5 Å². The van der Waals surface area contributed by atoms with Crippen LogP contribution in [0.2, 0.25) is 0 Å². The zero-order valence-corrected chi connectivity index (χ0v) is 15.2. The minimum atomic E-state index is -0.466. The smallest absolute Gasteiger partial charge is 0.342 e. The highest BCUT2D eigenvalue weighted by atomic mass is 16.5. The first-order valence-electron chi connectivity index (χ1n) is 8.41. The fourth-order valence-electron chi connectivity index (χ4n) is 3.09. The van der Waals surface area contributed by atoms with Crippen LogP contribution in [0.25, 0.3) is 0 Å². The predicted octanol–water partition coefficient (Wildman–Crippen LogP) is 2.76. The molecule has 0 radical (unpaired) electrons. The Labute approximate surface area is 153 Å². The van der Waals surface area contributed by atoms with Crippen LogP contribution in [0.4, 0.5) is 0 Å². The largest absolute Gasteiger partial charge is 0.496 e. The molecule has 1 atom stereocenters. The van der Waals surface area contributed by atoms with Crippen molar-refractivity contribution >= 4 is 5.97 Å². The lowest BCUT2D eigenvalue weighted by Gasteiger charge is -2.43. The fourth-order valence-corrected chi connectivity index (χ4v) is 3.09. The van der Waals surface area contributed by atoms with E-state index in [0.717, 1.165) is 18.5 Å². The van der Waals surface area contributed by atoms with Gasteiger partial charge in [0.25, 0.3) is 0 Å². The first-order chi connectivity index (χ1) is 12.6. The van der Waals surface area contributed by atoms with E-state index in [1.807, 2.05) is 30.3 Å². The van der Waals surface area contributed by atoms with Gasteiger partial charge in [0, 0.05) is 12.1 Å². The first-order valence-corrected chi connectivity index (χ1v) is 8.41. The van der Waals surface area contributed by atoms with Gasteiger partial charge in [-0.15, -0.1) is 0 Å². The molecule has 1 aliphatic rings. The Kier molecular flexibility index (Phi) is 5.32. The molecule has 0 amide bonds.